The summed E-state index contributed by atoms with van der Waals surface area (Å²) in [4.78, 5) is 32.2. The van der Waals surface area contributed by atoms with Gasteiger partial charge >= 0.3 is 0 Å². The minimum atomic E-state index is -0.0933. The number of benzene rings is 2. The maximum Gasteiger partial charge on any atom is 0.274 e. The van der Waals surface area contributed by atoms with Crippen LogP contribution in [0, 0.1) is 0 Å². The smallest absolute Gasteiger partial charge is 0.274 e. The Morgan fingerprint density at radius 2 is 1.97 bits per heavy atom. The van der Waals surface area contributed by atoms with Crippen LogP contribution in [0.3, 0.4) is 0 Å². The summed E-state index contributed by atoms with van der Waals surface area (Å²) in [6, 6.07) is 13.0. The maximum absolute atomic E-state index is 12.9. The van der Waals surface area contributed by atoms with Gasteiger partial charge in [-0.25, -0.2) is 9.38 Å². The van der Waals surface area contributed by atoms with Crippen molar-refractivity contribution >= 4 is 39.3 Å². The summed E-state index contributed by atoms with van der Waals surface area (Å²) in [6.07, 6.45) is 3.91. The quantitative estimate of drug-likeness (QED) is 0.482. The van der Waals surface area contributed by atoms with Gasteiger partial charge in [-0.3, -0.25) is 9.59 Å². The Kier molecular flexibility index (Phi) is 5.07. The molecule has 3 heterocycles. The normalized spacial score (nSPS) is 14.6. The fraction of sp³-hybridized carbons (Fsp3) is 0.261. The zero-order chi connectivity index (χ0) is 21.4. The first-order valence-electron chi connectivity index (χ1n) is 10.1. The Morgan fingerprint density at radius 3 is 2.77 bits per heavy atom. The van der Waals surface area contributed by atoms with Crippen molar-refractivity contribution in [2.24, 2.45) is 0 Å². The molecule has 158 valence electrons. The molecule has 1 aliphatic rings. The van der Waals surface area contributed by atoms with Gasteiger partial charge in [0.25, 0.3) is 11.5 Å². The Morgan fingerprint density at radius 1 is 1.16 bits per heavy atom. The van der Waals surface area contributed by atoms with Crippen molar-refractivity contribution in [1.82, 2.24) is 14.3 Å². The molecule has 0 atom stereocenters. The lowest BCUT2D eigenvalue weighted by atomic mass is 10.2. The van der Waals surface area contributed by atoms with E-state index in [1.807, 2.05) is 41.3 Å². The monoisotopic (exact) mass is 435 g/mol. The Hall–Kier alpha value is -3.39. The van der Waals surface area contributed by atoms with Gasteiger partial charge in [0.15, 0.2) is 23.1 Å². The van der Waals surface area contributed by atoms with E-state index >= 15 is 0 Å². The molecule has 0 bridgehead atoms. The van der Waals surface area contributed by atoms with Gasteiger partial charge < -0.3 is 14.4 Å². The Balaban J connectivity index is 1.43. The van der Waals surface area contributed by atoms with Crippen molar-refractivity contribution in [3.8, 4) is 11.5 Å². The van der Waals surface area contributed by atoms with Crippen molar-refractivity contribution < 1.29 is 14.3 Å². The van der Waals surface area contributed by atoms with Crippen LogP contribution in [0.5, 0.6) is 11.5 Å². The van der Waals surface area contributed by atoms with Crippen LogP contribution in [0.1, 0.15) is 18.4 Å². The second-order valence-electron chi connectivity index (χ2n) is 7.42. The summed E-state index contributed by atoms with van der Waals surface area (Å²) in [5, 5.41) is 0. The van der Waals surface area contributed by atoms with Crippen LogP contribution in [0.25, 0.3) is 22.1 Å². The molecular formula is C23H21N3O4S. The van der Waals surface area contributed by atoms with E-state index in [1.54, 1.807) is 23.6 Å². The van der Waals surface area contributed by atoms with Crippen molar-refractivity contribution in [3.63, 3.8) is 0 Å². The van der Waals surface area contributed by atoms with E-state index in [0.29, 0.717) is 21.0 Å². The van der Waals surface area contributed by atoms with Crippen molar-refractivity contribution in [2.75, 3.05) is 26.8 Å². The lowest BCUT2D eigenvalue weighted by Crippen LogP contribution is -2.32. The van der Waals surface area contributed by atoms with Gasteiger partial charge in [-0.2, -0.15) is 0 Å². The molecule has 0 unspecified atom stereocenters. The van der Waals surface area contributed by atoms with Crippen LogP contribution < -0.4 is 19.6 Å². The first-order chi connectivity index (χ1) is 15.1. The van der Waals surface area contributed by atoms with E-state index < -0.39 is 0 Å². The summed E-state index contributed by atoms with van der Waals surface area (Å²) in [5.74, 6) is 1.00. The van der Waals surface area contributed by atoms with Gasteiger partial charge in [0, 0.05) is 13.1 Å². The number of para-hydroxylation sites is 2. The summed E-state index contributed by atoms with van der Waals surface area (Å²) >= 11 is 1.35. The summed E-state index contributed by atoms with van der Waals surface area (Å²) in [7, 11) is 1.55. The molecule has 0 aliphatic carbocycles. The van der Waals surface area contributed by atoms with Crippen molar-refractivity contribution in [1.29, 1.82) is 0 Å². The summed E-state index contributed by atoms with van der Waals surface area (Å²) in [5.41, 5.74) is 2.33. The number of imidazole rings is 1. The molecule has 4 aromatic rings. The lowest BCUT2D eigenvalue weighted by Gasteiger charge is -2.16. The van der Waals surface area contributed by atoms with E-state index in [1.165, 1.54) is 11.3 Å². The number of amides is 1. The molecule has 2 aromatic heterocycles. The highest BCUT2D eigenvalue weighted by Crippen LogP contribution is 2.28. The third-order valence-corrected chi connectivity index (χ3v) is 6.41. The molecule has 2 aromatic carbocycles. The first kappa shape index (κ1) is 19.6. The number of nitrogens with zero attached hydrogens (tertiary/aromatic N) is 3. The topological polar surface area (TPSA) is 73.1 Å². The SMILES string of the molecule is COc1cc(/C=c2/sc3nc4ccccc4n3c2=O)ccc1OCC(=O)N1CCCC1. The number of ether oxygens (including phenoxy) is 2. The van der Waals surface area contributed by atoms with E-state index in [2.05, 4.69) is 4.98 Å². The molecule has 0 radical (unpaired) electrons. The fourth-order valence-corrected chi connectivity index (χ4v) is 4.84. The first-order valence-corrected chi connectivity index (χ1v) is 11.0. The van der Waals surface area contributed by atoms with Gasteiger partial charge in [0.1, 0.15) is 0 Å². The second kappa shape index (κ2) is 8.03. The number of aromatic nitrogens is 2. The molecule has 7 nitrogen and oxygen atoms in total. The third-order valence-electron chi connectivity index (χ3n) is 5.44. The van der Waals surface area contributed by atoms with Crippen molar-refractivity contribution in [2.45, 2.75) is 12.8 Å². The van der Waals surface area contributed by atoms with Gasteiger partial charge in [-0.1, -0.05) is 29.5 Å². The Labute approximate surface area is 182 Å². The van der Waals surface area contributed by atoms with E-state index in [9.17, 15) is 9.59 Å². The van der Waals surface area contributed by atoms with Gasteiger partial charge in [0.2, 0.25) is 0 Å². The van der Waals surface area contributed by atoms with E-state index in [-0.39, 0.29) is 18.1 Å². The largest absolute Gasteiger partial charge is 0.493 e. The second-order valence-corrected chi connectivity index (χ2v) is 8.43. The van der Waals surface area contributed by atoms with Gasteiger partial charge in [0.05, 0.1) is 22.7 Å². The van der Waals surface area contributed by atoms with Crippen LogP contribution in [-0.4, -0.2) is 47.0 Å². The maximum atomic E-state index is 12.9. The average molecular weight is 436 g/mol. The molecular weight excluding hydrogens is 414 g/mol. The standard InChI is InChI=1S/C23H21N3O4S/c1-29-19-12-15(8-9-18(19)30-14-21(27)25-10-4-5-11-25)13-20-22(28)26-17-7-3-2-6-16(17)24-23(26)31-20/h2-3,6-9,12-13H,4-5,10-11,14H2,1H3/b20-13+. The van der Waals surface area contributed by atoms with Crippen molar-refractivity contribution in [3.05, 3.63) is 62.9 Å². The molecule has 1 amide bonds. The van der Waals surface area contributed by atoms with Gasteiger partial charge in [-0.05, 0) is 48.7 Å². The average Bonchev–Trinajstić information content (AvgIpc) is 3.50. The molecule has 5 rings (SSSR count). The number of rotatable bonds is 5. The highest BCUT2D eigenvalue weighted by molar-refractivity contribution is 7.15. The van der Waals surface area contributed by atoms with Crippen LogP contribution in [-0.2, 0) is 4.79 Å². The molecule has 0 saturated carbocycles. The Bertz CT molecular complexity index is 1390. The van der Waals surface area contributed by atoms with E-state index in [4.69, 9.17) is 9.47 Å². The number of carbonyl (C=O) groups excluding carboxylic acids is 1. The number of likely N-dealkylation sites (tertiary alicyclic amines) is 1. The highest BCUT2D eigenvalue weighted by Gasteiger charge is 2.19. The molecule has 1 aliphatic heterocycles. The fourth-order valence-electron chi connectivity index (χ4n) is 3.85. The van der Waals surface area contributed by atoms with Gasteiger partial charge in [-0.15, -0.1) is 0 Å². The third kappa shape index (κ3) is 3.63. The molecule has 0 N–H and O–H groups in total. The molecule has 1 fully saturated rings. The molecule has 8 heteroatoms. The number of thiazole rings is 1. The predicted molar refractivity (Wildman–Crippen MR) is 120 cm³/mol. The molecule has 31 heavy (non-hydrogen) atoms. The number of methoxy groups -OCH3 is 1. The number of hydrogen-bond acceptors (Lipinski definition) is 6. The minimum absolute atomic E-state index is 0.0136. The summed E-state index contributed by atoms with van der Waals surface area (Å²) < 4.78 is 13.4. The molecule has 1 saturated heterocycles. The predicted octanol–water partition coefficient (Wildman–Crippen LogP) is 2.47. The van der Waals surface area contributed by atoms with Crippen LogP contribution in [0.4, 0.5) is 0 Å². The number of hydrogen-bond donors (Lipinski definition) is 0. The van der Waals surface area contributed by atoms with Crippen LogP contribution in [0.15, 0.2) is 47.3 Å². The lowest BCUT2D eigenvalue weighted by molar-refractivity contribution is -0.132. The zero-order valence-corrected chi connectivity index (χ0v) is 17.9. The zero-order valence-electron chi connectivity index (χ0n) is 17.0. The van der Waals surface area contributed by atoms with E-state index in [0.717, 1.165) is 42.5 Å². The molecule has 0 spiro atoms. The van der Waals surface area contributed by atoms with Crippen LogP contribution >= 0.6 is 11.3 Å². The minimum Gasteiger partial charge on any atom is -0.493 e. The number of carbonyl (C=O) groups is 1. The highest BCUT2D eigenvalue weighted by atomic mass is 32.1. The number of fused-ring (bicyclic) bond motifs is 3. The summed E-state index contributed by atoms with van der Waals surface area (Å²) in [6.45, 7) is 1.58. The van der Waals surface area contributed by atoms with Crippen LogP contribution in [0.2, 0.25) is 0 Å².